The number of nitrogens with zero attached hydrogens (tertiary/aromatic N) is 1. The van der Waals surface area contributed by atoms with Crippen LogP contribution in [0.5, 0.6) is 0 Å². The van der Waals surface area contributed by atoms with Crippen LogP contribution in [0.4, 0.5) is 0 Å². The van der Waals surface area contributed by atoms with Crippen molar-refractivity contribution in [3.05, 3.63) is 111 Å². The predicted octanol–water partition coefficient (Wildman–Crippen LogP) is 5.27. The van der Waals surface area contributed by atoms with E-state index in [1.54, 1.807) is 6.08 Å². The molecule has 0 aromatic heterocycles. The van der Waals surface area contributed by atoms with Crippen LogP contribution in [0.3, 0.4) is 0 Å². The Morgan fingerprint density at radius 1 is 1.00 bits per heavy atom. The summed E-state index contributed by atoms with van der Waals surface area (Å²) in [5.41, 5.74) is 2.88. The number of halogens is 1. The molecule has 3 aromatic rings. The third kappa shape index (κ3) is 3.84. The number of hydrogen-bond donors (Lipinski definition) is 1. The van der Waals surface area contributed by atoms with Gasteiger partial charge in [0.25, 0.3) is 5.91 Å². The highest BCUT2D eigenvalue weighted by molar-refractivity contribution is 9.10. The molecule has 152 valence electrons. The average molecular weight is 464 g/mol. The van der Waals surface area contributed by atoms with Gasteiger partial charge < -0.3 is 5.11 Å². The monoisotopic (exact) mass is 463 g/mol. The molecule has 0 radical (unpaired) electrons. The Morgan fingerprint density at radius 3 is 2.47 bits per heavy atom. The van der Waals surface area contributed by atoms with Crippen molar-refractivity contribution in [2.45, 2.75) is 26.2 Å². The molecular formula is C25H22BrNO3. The van der Waals surface area contributed by atoms with Crippen LogP contribution >= 0.6 is 15.9 Å². The lowest BCUT2D eigenvalue weighted by molar-refractivity contribution is -0.262. The first kappa shape index (κ1) is 20.5. The lowest BCUT2D eigenvalue weighted by atomic mass is 9.95. The fraction of sp³-hybridized carbons (Fsp3) is 0.160. The number of carbonyl (C=O) groups excluding carboxylic acids is 1. The van der Waals surface area contributed by atoms with Crippen molar-refractivity contribution in [3.63, 3.8) is 0 Å². The molecule has 1 amide bonds. The van der Waals surface area contributed by atoms with Crippen molar-refractivity contribution >= 4 is 27.4 Å². The summed E-state index contributed by atoms with van der Waals surface area (Å²) in [6, 6.07) is 22.8. The van der Waals surface area contributed by atoms with Gasteiger partial charge in [0.15, 0.2) is 0 Å². The van der Waals surface area contributed by atoms with Gasteiger partial charge in [-0.1, -0.05) is 82.2 Å². The minimum Gasteiger partial charge on any atom is -0.362 e. The van der Waals surface area contributed by atoms with E-state index in [2.05, 4.69) is 15.9 Å². The van der Waals surface area contributed by atoms with Gasteiger partial charge in [0.1, 0.15) is 6.61 Å². The van der Waals surface area contributed by atoms with Crippen LogP contribution in [0.2, 0.25) is 0 Å². The van der Waals surface area contributed by atoms with Crippen LogP contribution in [-0.4, -0.2) is 16.1 Å². The van der Waals surface area contributed by atoms with Gasteiger partial charge in [-0.25, -0.2) is 0 Å². The number of hydroxylamine groups is 2. The van der Waals surface area contributed by atoms with Crippen LogP contribution in [0.15, 0.2) is 83.3 Å². The summed E-state index contributed by atoms with van der Waals surface area (Å²) in [5, 5.41) is 12.8. The normalized spacial score (nSPS) is 18.6. The van der Waals surface area contributed by atoms with Gasteiger partial charge in [0.05, 0.1) is 5.57 Å². The molecule has 0 aliphatic carbocycles. The fourth-order valence-corrected chi connectivity index (χ4v) is 4.13. The van der Waals surface area contributed by atoms with Crippen LogP contribution in [0.1, 0.15) is 27.8 Å². The number of benzene rings is 3. The molecule has 1 aliphatic heterocycles. The zero-order chi connectivity index (χ0) is 21.3. The van der Waals surface area contributed by atoms with Gasteiger partial charge in [-0.05, 0) is 48.7 Å². The molecule has 4 nitrogen and oxygen atoms in total. The molecule has 5 heteroatoms. The summed E-state index contributed by atoms with van der Waals surface area (Å²) >= 11 is 3.45. The summed E-state index contributed by atoms with van der Waals surface area (Å²) in [4.78, 5) is 19.3. The van der Waals surface area contributed by atoms with Crippen molar-refractivity contribution in [2.75, 3.05) is 0 Å². The van der Waals surface area contributed by atoms with Gasteiger partial charge in [-0.3, -0.25) is 9.63 Å². The van der Waals surface area contributed by atoms with Crippen molar-refractivity contribution in [2.24, 2.45) is 0 Å². The fourth-order valence-electron chi connectivity index (χ4n) is 3.73. The molecule has 30 heavy (non-hydrogen) atoms. The smallest absolute Gasteiger partial charge is 0.281 e. The van der Waals surface area contributed by atoms with Crippen LogP contribution in [-0.2, 0) is 22.0 Å². The molecule has 0 bridgehead atoms. The zero-order valence-electron chi connectivity index (χ0n) is 16.8. The Hall–Kier alpha value is -2.73. The number of hydrogen-bond acceptors (Lipinski definition) is 3. The summed E-state index contributed by atoms with van der Waals surface area (Å²) in [5.74, 6) is -0.383. The quantitative estimate of drug-likeness (QED) is 0.560. The molecule has 0 saturated carbocycles. The van der Waals surface area contributed by atoms with Crippen molar-refractivity contribution in [1.29, 1.82) is 0 Å². The molecular weight excluding hydrogens is 442 g/mol. The van der Waals surface area contributed by atoms with E-state index < -0.39 is 5.72 Å². The number of aryl methyl sites for hydroxylation is 2. The van der Waals surface area contributed by atoms with E-state index in [-0.39, 0.29) is 12.5 Å². The highest BCUT2D eigenvalue weighted by Crippen LogP contribution is 2.41. The van der Waals surface area contributed by atoms with E-state index in [1.807, 2.05) is 86.6 Å². The van der Waals surface area contributed by atoms with E-state index >= 15 is 0 Å². The van der Waals surface area contributed by atoms with E-state index in [0.717, 1.165) is 26.2 Å². The van der Waals surface area contributed by atoms with Crippen molar-refractivity contribution in [3.8, 4) is 0 Å². The Balaban J connectivity index is 1.77. The molecule has 0 spiro atoms. The SMILES string of the molecule is Cc1ccc(C2(O)C=C(c3cccc(Br)c3)C(=O)N2OCc2ccccc2)c(C)c1. The first-order valence-electron chi connectivity index (χ1n) is 9.69. The van der Waals surface area contributed by atoms with Crippen LogP contribution < -0.4 is 0 Å². The topological polar surface area (TPSA) is 49.8 Å². The molecule has 1 aliphatic rings. The van der Waals surface area contributed by atoms with E-state index in [4.69, 9.17) is 4.84 Å². The second kappa shape index (κ2) is 8.19. The second-order valence-corrected chi connectivity index (χ2v) is 8.39. The first-order chi connectivity index (χ1) is 14.4. The predicted molar refractivity (Wildman–Crippen MR) is 120 cm³/mol. The Labute approximate surface area is 184 Å². The molecule has 4 rings (SSSR count). The summed E-state index contributed by atoms with van der Waals surface area (Å²) in [6.45, 7) is 4.08. The second-order valence-electron chi connectivity index (χ2n) is 7.47. The summed E-state index contributed by atoms with van der Waals surface area (Å²) < 4.78 is 0.854. The first-order valence-corrected chi connectivity index (χ1v) is 10.5. The van der Waals surface area contributed by atoms with Gasteiger partial charge in [-0.15, -0.1) is 0 Å². The van der Waals surface area contributed by atoms with E-state index in [0.29, 0.717) is 16.7 Å². The molecule has 1 atom stereocenters. The maximum Gasteiger partial charge on any atom is 0.281 e. The molecule has 1 heterocycles. The third-order valence-corrected chi connectivity index (χ3v) is 5.68. The molecule has 0 saturated heterocycles. The molecule has 3 aromatic carbocycles. The van der Waals surface area contributed by atoms with Gasteiger partial charge in [-0.2, -0.15) is 5.06 Å². The summed E-state index contributed by atoms with van der Waals surface area (Å²) in [7, 11) is 0. The molecule has 1 unspecified atom stereocenters. The van der Waals surface area contributed by atoms with Crippen LogP contribution in [0, 0.1) is 13.8 Å². The maximum absolute atomic E-state index is 13.4. The third-order valence-electron chi connectivity index (χ3n) is 5.19. The largest absolute Gasteiger partial charge is 0.362 e. The van der Waals surface area contributed by atoms with E-state index in [9.17, 15) is 9.90 Å². The minimum absolute atomic E-state index is 0.166. The number of aliphatic hydroxyl groups is 1. The zero-order valence-corrected chi connectivity index (χ0v) is 18.4. The summed E-state index contributed by atoms with van der Waals surface area (Å²) in [6.07, 6.45) is 1.58. The lowest BCUT2D eigenvalue weighted by Crippen LogP contribution is -2.44. The van der Waals surface area contributed by atoms with Crippen molar-refractivity contribution in [1.82, 2.24) is 5.06 Å². The van der Waals surface area contributed by atoms with Crippen molar-refractivity contribution < 1.29 is 14.7 Å². The number of amides is 1. The highest BCUT2D eigenvalue weighted by Gasteiger charge is 2.47. The molecule has 1 N–H and O–H groups in total. The van der Waals surface area contributed by atoms with Gasteiger partial charge >= 0.3 is 0 Å². The minimum atomic E-state index is -1.71. The Morgan fingerprint density at radius 2 is 1.77 bits per heavy atom. The standard InChI is InChI=1S/C25H22BrNO3/c1-17-11-12-23(18(2)13-17)25(29)15-22(20-9-6-10-21(26)14-20)24(28)27(25)30-16-19-7-4-3-5-8-19/h3-15,29H,16H2,1-2H3. The number of rotatable bonds is 5. The number of carbonyl (C=O) groups is 1. The average Bonchev–Trinajstić information content (AvgIpc) is 2.98. The lowest BCUT2D eigenvalue weighted by Gasteiger charge is -2.33. The maximum atomic E-state index is 13.4. The molecule has 0 fully saturated rings. The Kier molecular flexibility index (Phi) is 5.60. The Bertz CT molecular complexity index is 1130. The van der Waals surface area contributed by atoms with E-state index in [1.165, 1.54) is 0 Å². The van der Waals surface area contributed by atoms with Gasteiger partial charge in [0.2, 0.25) is 5.72 Å². The highest BCUT2D eigenvalue weighted by atomic mass is 79.9. The van der Waals surface area contributed by atoms with Gasteiger partial charge in [0, 0.05) is 10.0 Å². The van der Waals surface area contributed by atoms with Crippen LogP contribution in [0.25, 0.3) is 5.57 Å².